The molecule has 156 valence electrons. The summed E-state index contributed by atoms with van der Waals surface area (Å²) in [5.74, 6) is -0.427. The van der Waals surface area contributed by atoms with Gasteiger partial charge in [-0.15, -0.1) is 11.3 Å². The Morgan fingerprint density at radius 2 is 1.68 bits per heavy atom. The smallest absolute Gasteiger partial charge is 0.338 e. The highest BCUT2D eigenvalue weighted by atomic mass is 35.5. The molecule has 1 aromatic heterocycles. The van der Waals surface area contributed by atoms with E-state index in [0.29, 0.717) is 15.6 Å². The topological polar surface area (TPSA) is 59.4 Å². The summed E-state index contributed by atoms with van der Waals surface area (Å²) in [7, 11) is 1.36. The number of hydrogen-bond donors (Lipinski definition) is 1. The molecular weight excluding hydrogens is 453 g/mol. The third-order valence-corrected chi connectivity index (χ3v) is 6.47. The van der Waals surface area contributed by atoms with Gasteiger partial charge < -0.3 is 9.84 Å². The van der Waals surface area contributed by atoms with Gasteiger partial charge in [0.25, 0.3) is 0 Å². The zero-order valence-electron chi connectivity index (χ0n) is 16.4. The van der Waals surface area contributed by atoms with Crippen molar-refractivity contribution in [3.63, 3.8) is 0 Å². The summed E-state index contributed by atoms with van der Waals surface area (Å²) in [6, 6.07) is 18.4. The third kappa shape index (κ3) is 4.50. The molecule has 0 saturated heterocycles. The molecule has 4 nitrogen and oxygen atoms in total. The number of ether oxygens (including phenoxy) is 1. The maximum absolute atomic E-state index is 12.5. The molecule has 0 unspecified atom stereocenters. The Balaban J connectivity index is 1.73. The summed E-state index contributed by atoms with van der Waals surface area (Å²) in [4.78, 5) is 17.2. The predicted molar refractivity (Wildman–Crippen MR) is 126 cm³/mol. The average Bonchev–Trinajstić information content (AvgIpc) is 3.30. The van der Waals surface area contributed by atoms with Crippen LogP contribution in [0.25, 0.3) is 33.0 Å². The minimum Gasteiger partial charge on any atom is -0.465 e. The van der Waals surface area contributed by atoms with Crippen molar-refractivity contribution in [2.45, 2.75) is 6.61 Å². The Hall–Kier alpha value is -2.70. The van der Waals surface area contributed by atoms with Gasteiger partial charge in [0.1, 0.15) is 5.01 Å². The van der Waals surface area contributed by atoms with Crippen LogP contribution in [0.4, 0.5) is 0 Å². The van der Waals surface area contributed by atoms with Gasteiger partial charge in [-0.2, -0.15) is 0 Å². The second-order valence-electron chi connectivity index (χ2n) is 6.77. The lowest BCUT2D eigenvalue weighted by Crippen LogP contribution is -2.04. The van der Waals surface area contributed by atoms with Crippen molar-refractivity contribution < 1.29 is 14.6 Å². The highest BCUT2D eigenvalue weighted by Gasteiger charge is 2.17. The SMILES string of the molecule is COC(=O)c1cc(-c2nc(-c3ccc(Cl)c(Cl)c3)cs2)ccc1-c1ccc(CO)cc1. The fourth-order valence-electron chi connectivity index (χ4n) is 3.19. The van der Waals surface area contributed by atoms with Gasteiger partial charge in [0.2, 0.25) is 0 Å². The zero-order valence-corrected chi connectivity index (χ0v) is 18.8. The van der Waals surface area contributed by atoms with Crippen LogP contribution in [-0.4, -0.2) is 23.2 Å². The molecule has 0 aliphatic rings. The Kier molecular flexibility index (Phi) is 6.39. The second kappa shape index (κ2) is 9.20. The lowest BCUT2D eigenvalue weighted by molar-refractivity contribution is 0.0601. The molecule has 4 aromatic rings. The number of nitrogens with zero attached hydrogens (tertiary/aromatic N) is 1. The van der Waals surface area contributed by atoms with Crippen LogP contribution in [0.3, 0.4) is 0 Å². The molecule has 0 atom stereocenters. The van der Waals surface area contributed by atoms with Gasteiger partial charge in [-0.3, -0.25) is 0 Å². The summed E-state index contributed by atoms with van der Waals surface area (Å²) in [5.41, 5.74) is 5.32. The van der Waals surface area contributed by atoms with Crippen LogP contribution in [0.1, 0.15) is 15.9 Å². The van der Waals surface area contributed by atoms with Crippen LogP contribution in [-0.2, 0) is 11.3 Å². The van der Waals surface area contributed by atoms with Crippen LogP contribution in [0.2, 0.25) is 10.0 Å². The van der Waals surface area contributed by atoms with Crippen molar-refractivity contribution in [1.82, 2.24) is 4.98 Å². The molecule has 0 spiro atoms. The number of carbonyl (C=O) groups excluding carboxylic acids is 1. The molecule has 1 N–H and O–H groups in total. The zero-order chi connectivity index (χ0) is 22.0. The first-order valence-electron chi connectivity index (χ1n) is 9.34. The van der Waals surface area contributed by atoms with E-state index in [9.17, 15) is 9.90 Å². The van der Waals surface area contributed by atoms with Crippen LogP contribution in [0.5, 0.6) is 0 Å². The molecule has 3 aromatic carbocycles. The van der Waals surface area contributed by atoms with Gasteiger partial charge in [0.15, 0.2) is 0 Å². The number of aromatic nitrogens is 1. The van der Waals surface area contributed by atoms with Crippen LogP contribution in [0.15, 0.2) is 66.0 Å². The minimum absolute atomic E-state index is 0.0334. The van der Waals surface area contributed by atoms with Gasteiger partial charge in [0, 0.05) is 16.5 Å². The Morgan fingerprint density at radius 3 is 2.35 bits per heavy atom. The monoisotopic (exact) mass is 469 g/mol. The number of thiazole rings is 1. The van der Waals surface area contributed by atoms with Crippen molar-refractivity contribution in [2.24, 2.45) is 0 Å². The summed E-state index contributed by atoms with van der Waals surface area (Å²) in [6.07, 6.45) is 0. The van der Waals surface area contributed by atoms with Crippen LogP contribution >= 0.6 is 34.5 Å². The summed E-state index contributed by atoms with van der Waals surface area (Å²) < 4.78 is 5.01. The first-order valence-corrected chi connectivity index (χ1v) is 11.0. The summed E-state index contributed by atoms with van der Waals surface area (Å²) in [5, 5.41) is 12.9. The van der Waals surface area contributed by atoms with Gasteiger partial charge in [0.05, 0.1) is 35.0 Å². The Morgan fingerprint density at radius 1 is 0.968 bits per heavy atom. The minimum atomic E-state index is -0.427. The van der Waals surface area contributed by atoms with Gasteiger partial charge in [-0.25, -0.2) is 9.78 Å². The molecule has 0 amide bonds. The summed E-state index contributed by atoms with van der Waals surface area (Å²) >= 11 is 13.6. The largest absolute Gasteiger partial charge is 0.465 e. The number of aliphatic hydroxyl groups excluding tert-OH is 1. The molecule has 0 saturated carbocycles. The number of benzene rings is 3. The molecule has 0 aliphatic heterocycles. The Labute approximate surface area is 193 Å². The van der Waals surface area contributed by atoms with Crippen molar-refractivity contribution >= 4 is 40.5 Å². The predicted octanol–water partition coefficient (Wildman–Crippen LogP) is 6.73. The second-order valence-corrected chi connectivity index (χ2v) is 8.45. The van der Waals surface area contributed by atoms with E-state index in [0.717, 1.165) is 38.5 Å². The highest BCUT2D eigenvalue weighted by molar-refractivity contribution is 7.13. The number of esters is 1. The molecule has 31 heavy (non-hydrogen) atoms. The fraction of sp³-hybridized carbons (Fsp3) is 0.0833. The average molecular weight is 470 g/mol. The number of carbonyl (C=O) groups is 1. The highest BCUT2D eigenvalue weighted by Crippen LogP contribution is 2.34. The van der Waals surface area contributed by atoms with Crippen molar-refractivity contribution in [1.29, 1.82) is 0 Å². The molecule has 1 heterocycles. The Bertz CT molecular complexity index is 1250. The van der Waals surface area contributed by atoms with Crippen molar-refractivity contribution in [2.75, 3.05) is 7.11 Å². The van der Waals surface area contributed by atoms with Crippen molar-refractivity contribution in [3.8, 4) is 33.0 Å². The van der Waals surface area contributed by atoms with E-state index in [2.05, 4.69) is 0 Å². The maximum Gasteiger partial charge on any atom is 0.338 e. The molecule has 7 heteroatoms. The van der Waals surface area contributed by atoms with E-state index in [1.54, 1.807) is 18.2 Å². The van der Waals surface area contributed by atoms with Gasteiger partial charge in [-0.05, 0) is 34.9 Å². The number of rotatable bonds is 5. The number of methoxy groups -OCH3 is 1. The molecular formula is C24H17Cl2NO3S. The first-order chi connectivity index (χ1) is 15.0. The fourth-order valence-corrected chi connectivity index (χ4v) is 4.32. The van der Waals surface area contributed by atoms with E-state index in [1.165, 1.54) is 18.4 Å². The molecule has 0 aliphatic carbocycles. The van der Waals surface area contributed by atoms with E-state index in [-0.39, 0.29) is 6.61 Å². The maximum atomic E-state index is 12.5. The van der Waals surface area contributed by atoms with Crippen LogP contribution in [0, 0.1) is 0 Å². The number of halogens is 2. The normalized spacial score (nSPS) is 10.8. The van der Waals surface area contributed by atoms with Gasteiger partial charge in [-0.1, -0.05) is 65.7 Å². The van der Waals surface area contributed by atoms with E-state index >= 15 is 0 Å². The lowest BCUT2D eigenvalue weighted by Gasteiger charge is -2.10. The van der Waals surface area contributed by atoms with Crippen molar-refractivity contribution in [3.05, 3.63) is 87.2 Å². The summed E-state index contributed by atoms with van der Waals surface area (Å²) in [6.45, 7) is -0.0334. The quantitative estimate of drug-likeness (QED) is 0.329. The third-order valence-electron chi connectivity index (χ3n) is 4.84. The number of hydrogen-bond acceptors (Lipinski definition) is 5. The standard InChI is InChI=1S/C24H17Cl2NO3S/c1-30-24(29)19-10-17(6-8-18(19)15-4-2-14(12-28)3-5-15)23-27-22(13-31-23)16-7-9-20(25)21(26)11-16/h2-11,13,28H,12H2,1H3. The number of aliphatic hydroxyl groups is 1. The molecule has 0 fully saturated rings. The van der Waals surface area contributed by atoms with E-state index in [4.69, 9.17) is 32.9 Å². The first kappa shape index (κ1) is 21.5. The van der Waals surface area contributed by atoms with E-state index < -0.39 is 5.97 Å². The van der Waals surface area contributed by atoms with E-state index in [1.807, 2.05) is 47.8 Å². The van der Waals surface area contributed by atoms with Gasteiger partial charge >= 0.3 is 5.97 Å². The van der Waals surface area contributed by atoms with Crippen LogP contribution < -0.4 is 0 Å². The lowest BCUT2D eigenvalue weighted by atomic mass is 9.97. The molecule has 0 radical (unpaired) electrons. The molecule has 0 bridgehead atoms. The molecule has 4 rings (SSSR count).